The monoisotopic (exact) mass is 248 g/mol. The first-order chi connectivity index (χ1) is 8.81. The number of hydrogen-bond acceptors (Lipinski definition) is 2. The van der Waals surface area contributed by atoms with E-state index in [1.54, 1.807) is 19.3 Å². The zero-order chi connectivity index (χ0) is 12.0. The molecule has 5 fully saturated rings. The van der Waals surface area contributed by atoms with E-state index in [4.69, 9.17) is 0 Å². The van der Waals surface area contributed by atoms with E-state index < -0.39 is 0 Å². The Bertz CT molecular complexity index is 271. The Morgan fingerprint density at radius 3 is 2.22 bits per heavy atom. The topological polar surface area (TPSA) is 24.1 Å². The smallest absolute Gasteiger partial charge is 0.0189 e. The van der Waals surface area contributed by atoms with Crippen molar-refractivity contribution in [1.82, 2.24) is 10.6 Å². The third kappa shape index (κ3) is 2.12. The second-order valence-corrected chi connectivity index (χ2v) is 7.79. The molecular weight excluding hydrogens is 220 g/mol. The van der Waals surface area contributed by atoms with Crippen LogP contribution < -0.4 is 10.6 Å². The Kier molecular flexibility index (Phi) is 2.92. The average Bonchev–Trinajstić information content (AvgIpc) is 2.36. The highest BCUT2D eigenvalue weighted by Gasteiger charge is 2.50. The molecule has 18 heavy (non-hydrogen) atoms. The molecule has 0 aromatic heterocycles. The van der Waals surface area contributed by atoms with Crippen LogP contribution in [0.15, 0.2) is 0 Å². The van der Waals surface area contributed by atoms with Crippen LogP contribution in [0.2, 0.25) is 0 Å². The molecule has 1 unspecified atom stereocenters. The van der Waals surface area contributed by atoms with Crippen LogP contribution in [0.4, 0.5) is 0 Å². The lowest BCUT2D eigenvalue weighted by Gasteiger charge is -2.57. The zero-order valence-corrected chi connectivity index (χ0v) is 11.6. The highest BCUT2D eigenvalue weighted by molar-refractivity contribution is 5.06. The van der Waals surface area contributed by atoms with Crippen molar-refractivity contribution in [3.05, 3.63) is 0 Å². The summed E-state index contributed by atoms with van der Waals surface area (Å²) in [5.74, 6) is 4.13. The van der Waals surface area contributed by atoms with Gasteiger partial charge in [-0.2, -0.15) is 0 Å². The Balaban J connectivity index is 1.38. The summed E-state index contributed by atoms with van der Waals surface area (Å²) in [6, 6.07) is 0. The molecule has 0 spiro atoms. The molecule has 1 heterocycles. The van der Waals surface area contributed by atoms with Crippen molar-refractivity contribution in [2.24, 2.45) is 23.7 Å². The van der Waals surface area contributed by atoms with Gasteiger partial charge in [0.15, 0.2) is 0 Å². The Labute approximate surface area is 111 Å². The van der Waals surface area contributed by atoms with Crippen molar-refractivity contribution >= 4 is 0 Å². The lowest BCUT2D eigenvalue weighted by Crippen LogP contribution is -2.59. The van der Waals surface area contributed by atoms with E-state index in [-0.39, 0.29) is 0 Å². The van der Waals surface area contributed by atoms with Crippen molar-refractivity contribution in [3.63, 3.8) is 0 Å². The van der Waals surface area contributed by atoms with Gasteiger partial charge in [0, 0.05) is 5.54 Å². The Morgan fingerprint density at radius 2 is 1.67 bits per heavy atom. The van der Waals surface area contributed by atoms with Crippen LogP contribution in [-0.2, 0) is 0 Å². The molecule has 102 valence electrons. The third-order valence-electron chi connectivity index (χ3n) is 6.20. The maximum atomic E-state index is 4.06. The molecule has 5 rings (SSSR count). The number of piperidine rings is 1. The van der Waals surface area contributed by atoms with Crippen LogP contribution in [-0.4, -0.2) is 25.2 Å². The minimum atomic E-state index is 0.576. The van der Waals surface area contributed by atoms with Crippen molar-refractivity contribution in [3.8, 4) is 0 Å². The minimum Gasteiger partial charge on any atom is -0.316 e. The van der Waals surface area contributed by atoms with Crippen LogP contribution in [0.1, 0.15) is 51.4 Å². The van der Waals surface area contributed by atoms with Gasteiger partial charge in [0.2, 0.25) is 0 Å². The first-order valence-corrected chi connectivity index (χ1v) is 8.27. The predicted octanol–water partition coefficient (Wildman–Crippen LogP) is 2.54. The van der Waals surface area contributed by atoms with Crippen LogP contribution in [0.3, 0.4) is 0 Å². The van der Waals surface area contributed by atoms with Crippen molar-refractivity contribution in [1.29, 1.82) is 0 Å². The second-order valence-electron chi connectivity index (χ2n) is 7.79. The van der Waals surface area contributed by atoms with Gasteiger partial charge < -0.3 is 10.6 Å². The summed E-state index contributed by atoms with van der Waals surface area (Å²) < 4.78 is 0. The number of rotatable bonds is 3. The molecule has 2 nitrogen and oxygen atoms in total. The van der Waals surface area contributed by atoms with Gasteiger partial charge in [-0.25, -0.2) is 0 Å². The molecule has 1 atom stereocenters. The largest absolute Gasteiger partial charge is 0.316 e. The molecule has 0 aromatic rings. The summed E-state index contributed by atoms with van der Waals surface area (Å²) in [6.07, 6.45) is 12.0. The first kappa shape index (κ1) is 11.7. The molecule has 4 saturated carbocycles. The van der Waals surface area contributed by atoms with Gasteiger partial charge >= 0.3 is 0 Å². The van der Waals surface area contributed by atoms with Gasteiger partial charge in [-0.05, 0) is 94.7 Å². The fraction of sp³-hybridized carbons (Fsp3) is 1.00. The van der Waals surface area contributed by atoms with E-state index in [1.807, 2.05) is 0 Å². The summed E-state index contributed by atoms with van der Waals surface area (Å²) >= 11 is 0. The van der Waals surface area contributed by atoms with E-state index in [0.717, 1.165) is 23.7 Å². The number of hydrogen-bond donors (Lipinski definition) is 2. The molecular formula is C16H28N2. The van der Waals surface area contributed by atoms with Crippen LogP contribution in [0, 0.1) is 23.7 Å². The van der Waals surface area contributed by atoms with Crippen molar-refractivity contribution < 1.29 is 0 Å². The predicted molar refractivity (Wildman–Crippen MR) is 74.5 cm³/mol. The van der Waals surface area contributed by atoms with Crippen LogP contribution >= 0.6 is 0 Å². The fourth-order valence-electron chi connectivity index (χ4n) is 5.79. The molecule has 0 aromatic carbocycles. The summed E-state index contributed by atoms with van der Waals surface area (Å²) in [7, 11) is 0. The average molecular weight is 248 g/mol. The van der Waals surface area contributed by atoms with Crippen LogP contribution in [0.5, 0.6) is 0 Å². The van der Waals surface area contributed by atoms with Crippen molar-refractivity contribution in [2.45, 2.75) is 56.9 Å². The fourth-order valence-corrected chi connectivity index (χ4v) is 5.79. The standard InChI is InChI=1S/C16H28N2/c1-2-12(10-17-3-1)11-18-16-7-13-4-14(8-16)6-15(5-13)9-16/h12-15,17-18H,1-11H2. The molecule has 1 saturated heterocycles. The Morgan fingerprint density at radius 1 is 1.00 bits per heavy atom. The van der Waals surface area contributed by atoms with Gasteiger partial charge in [-0.1, -0.05) is 0 Å². The Hall–Kier alpha value is -0.0800. The highest BCUT2D eigenvalue weighted by atomic mass is 15.0. The van der Waals surface area contributed by atoms with E-state index in [1.165, 1.54) is 51.7 Å². The SMILES string of the molecule is C1CNCC(CNC23CC4CC(CC(C4)C2)C3)C1. The maximum Gasteiger partial charge on any atom is 0.0189 e. The van der Waals surface area contributed by atoms with Gasteiger partial charge in [-0.3, -0.25) is 0 Å². The molecule has 0 amide bonds. The van der Waals surface area contributed by atoms with E-state index in [2.05, 4.69) is 10.6 Å². The van der Waals surface area contributed by atoms with Crippen LogP contribution in [0.25, 0.3) is 0 Å². The van der Waals surface area contributed by atoms with Gasteiger partial charge in [-0.15, -0.1) is 0 Å². The summed E-state index contributed by atoms with van der Waals surface area (Å²) in [6.45, 7) is 3.77. The van der Waals surface area contributed by atoms with Gasteiger partial charge in [0.05, 0.1) is 0 Å². The molecule has 4 aliphatic carbocycles. The number of nitrogens with one attached hydrogen (secondary N) is 2. The zero-order valence-electron chi connectivity index (χ0n) is 11.6. The van der Waals surface area contributed by atoms with E-state index >= 15 is 0 Å². The molecule has 4 bridgehead atoms. The normalized spacial score (nSPS) is 50.7. The highest BCUT2D eigenvalue weighted by Crippen LogP contribution is 2.55. The molecule has 5 aliphatic rings. The maximum absolute atomic E-state index is 4.06. The summed E-state index contributed by atoms with van der Waals surface area (Å²) in [5.41, 5.74) is 0.576. The van der Waals surface area contributed by atoms with E-state index in [0.29, 0.717) is 5.54 Å². The van der Waals surface area contributed by atoms with E-state index in [9.17, 15) is 0 Å². The molecule has 0 radical (unpaired) electrons. The minimum absolute atomic E-state index is 0.576. The molecule has 2 heteroatoms. The third-order valence-corrected chi connectivity index (χ3v) is 6.20. The molecule has 1 aliphatic heterocycles. The van der Waals surface area contributed by atoms with Gasteiger partial charge in [0.1, 0.15) is 0 Å². The lowest BCUT2D eigenvalue weighted by molar-refractivity contribution is -0.0216. The van der Waals surface area contributed by atoms with Crippen molar-refractivity contribution in [2.75, 3.05) is 19.6 Å². The summed E-state index contributed by atoms with van der Waals surface area (Å²) in [4.78, 5) is 0. The van der Waals surface area contributed by atoms with Gasteiger partial charge in [0.25, 0.3) is 0 Å². The second kappa shape index (κ2) is 4.49. The summed E-state index contributed by atoms with van der Waals surface area (Å²) in [5, 5.41) is 7.61. The first-order valence-electron chi connectivity index (χ1n) is 8.27. The molecule has 2 N–H and O–H groups in total. The lowest BCUT2D eigenvalue weighted by atomic mass is 9.53. The quantitative estimate of drug-likeness (QED) is 0.802.